The third-order valence-electron chi connectivity index (χ3n) is 16.5. The maximum Gasteiger partial charge on any atom is 0.242 e. The fraction of sp³-hybridized carbons (Fsp3) is 0.816. The highest BCUT2D eigenvalue weighted by molar-refractivity contribution is 5.96. The first-order valence-corrected chi connectivity index (χ1v) is 39.3. The molecule has 11 N–H and O–H groups in total. The molecule has 0 bridgehead atoms. The average molecular weight is 1620 g/mol. The molecular formula is C76H141N15O22. The van der Waals surface area contributed by atoms with Crippen LogP contribution in [-0.4, -0.2) is 419 Å². The largest absolute Gasteiger partial charge is 0.392 e. The van der Waals surface area contributed by atoms with Crippen LogP contribution in [0.1, 0.15) is 138 Å². The zero-order valence-corrected chi connectivity index (χ0v) is 71.1. The van der Waals surface area contributed by atoms with Crippen molar-refractivity contribution in [1.29, 1.82) is 0 Å². The van der Waals surface area contributed by atoms with Crippen molar-refractivity contribution in [3.05, 3.63) is 0 Å². The van der Waals surface area contributed by atoms with Crippen molar-refractivity contribution in [2.24, 2.45) is 41.2 Å². The number of aliphatic hydroxyl groups is 8. The van der Waals surface area contributed by atoms with Gasteiger partial charge in [0, 0.05) is 91.6 Å². The SMILES string of the molecule is CC(C)CN(CC(=O)N(CC(=O)N(CC(=O)N(CC(=O)N(CC(=O)N(CC(=O)N(CC(N)=O)CC(C)O)CC(C)O)CC(C)O)CC(C)O)CC(C)C)CC(C)C)C(=O)CN(CC(C)C)C(=O)CN(CC(C)C)C(=O)CN(CC(C)C)C(=O)CN(CC(C)O)C(=O)CN(CC(C)O)C(=O)CN(CC(C)O)C(=O)CNCC(C)O. The van der Waals surface area contributed by atoms with Gasteiger partial charge in [0.1, 0.15) is 0 Å². The molecule has 0 aliphatic carbocycles. The van der Waals surface area contributed by atoms with Gasteiger partial charge >= 0.3 is 0 Å². The van der Waals surface area contributed by atoms with Crippen molar-refractivity contribution in [1.82, 2.24) is 69.0 Å². The number of hydrogen-bond donors (Lipinski definition) is 10. The third-order valence-corrected chi connectivity index (χ3v) is 16.5. The Morgan fingerprint density at radius 2 is 0.327 bits per heavy atom. The van der Waals surface area contributed by atoms with Gasteiger partial charge in [-0.25, -0.2) is 0 Å². The third kappa shape index (κ3) is 45.8. The van der Waals surface area contributed by atoms with Crippen molar-refractivity contribution in [3.63, 3.8) is 0 Å². The van der Waals surface area contributed by atoms with Gasteiger partial charge in [0.05, 0.1) is 140 Å². The van der Waals surface area contributed by atoms with Crippen LogP contribution < -0.4 is 11.1 Å². The Balaban J connectivity index is 7.17. The molecule has 8 unspecified atom stereocenters. The van der Waals surface area contributed by atoms with Gasteiger partial charge in [-0.15, -0.1) is 0 Å². The molecule has 0 aliphatic heterocycles. The summed E-state index contributed by atoms with van der Waals surface area (Å²) in [7, 11) is 0. The number of nitrogens with two attached hydrogens (primary N) is 1. The number of carbonyl (C=O) groups excluding carboxylic acids is 14. The van der Waals surface area contributed by atoms with Gasteiger partial charge in [-0.3, -0.25) is 67.1 Å². The van der Waals surface area contributed by atoms with Crippen LogP contribution in [0.15, 0.2) is 0 Å². The van der Waals surface area contributed by atoms with E-state index in [1.807, 2.05) is 41.5 Å². The molecule has 14 amide bonds. The Labute approximate surface area is 668 Å². The van der Waals surface area contributed by atoms with Gasteiger partial charge in [-0.2, -0.15) is 0 Å². The number of amides is 14. The summed E-state index contributed by atoms with van der Waals surface area (Å²) in [5.74, 6) is -12.1. The van der Waals surface area contributed by atoms with E-state index >= 15 is 0 Å². The highest BCUT2D eigenvalue weighted by Gasteiger charge is 2.36. The van der Waals surface area contributed by atoms with Crippen LogP contribution in [0.2, 0.25) is 0 Å². The smallest absolute Gasteiger partial charge is 0.242 e. The number of nitrogens with zero attached hydrogens (tertiary/aromatic N) is 13. The number of primary amides is 1. The van der Waals surface area contributed by atoms with E-state index in [2.05, 4.69) is 5.32 Å². The van der Waals surface area contributed by atoms with Crippen molar-refractivity contribution in [2.75, 3.05) is 183 Å². The number of rotatable bonds is 56. The lowest BCUT2D eigenvalue weighted by atomic mass is 10.1. The molecule has 0 aromatic carbocycles. The van der Waals surface area contributed by atoms with Crippen LogP contribution in [0, 0.1) is 35.5 Å². The average Bonchev–Trinajstić information content (AvgIpc) is 0.850. The minimum absolute atomic E-state index is 0.000193. The van der Waals surface area contributed by atoms with Gasteiger partial charge in [0.25, 0.3) is 0 Å². The highest BCUT2D eigenvalue weighted by atomic mass is 16.3. The fourth-order valence-electron chi connectivity index (χ4n) is 12.0. The van der Waals surface area contributed by atoms with Gasteiger partial charge in [0.15, 0.2) is 0 Å². The summed E-state index contributed by atoms with van der Waals surface area (Å²) in [5.41, 5.74) is 5.33. The van der Waals surface area contributed by atoms with Crippen molar-refractivity contribution >= 4 is 82.7 Å². The summed E-state index contributed by atoms with van der Waals surface area (Å²) in [6, 6.07) is 0. The molecule has 0 fully saturated rings. The van der Waals surface area contributed by atoms with E-state index in [9.17, 15) is 108 Å². The van der Waals surface area contributed by atoms with Gasteiger partial charge in [-0.1, -0.05) is 83.1 Å². The summed E-state index contributed by atoms with van der Waals surface area (Å²) in [6.45, 7) is 21.2. The molecule has 0 aromatic heterocycles. The van der Waals surface area contributed by atoms with Crippen LogP contribution in [0.5, 0.6) is 0 Å². The summed E-state index contributed by atoms with van der Waals surface area (Å²) >= 11 is 0. The molecule has 113 heavy (non-hydrogen) atoms. The summed E-state index contributed by atoms with van der Waals surface area (Å²) in [4.78, 5) is 212. The number of nitrogens with one attached hydrogen (secondary N) is 1. The zero-order valence-electron chi connectivity index (χ0n) is 71.1. The Hall–Kier alpha value is -7.78. The lowest BCUT2D eigenvalue weighted by Gasteiger charge is -2.35. The van der Waals surface area contributed by atoms with E-state index in [4.69, 9.17) is 5.73 Å². The molecule has 8 atom stereocenters. The number of hydrogen-bond acceptors (Lipinski definition) is 23. The molecule has 37 heteroatoms. The van der Waals surface area contributed by atoms with E-state index in [1.165, 1.54) is 84.8 Å². The maximum absolute atomic E-state index is 14.8. The molecule has 0 spiro atoms. The van der Waals surface area contributed by atoms with Crippen LogP contribution in [0.3, 0.4) is 0 Å². The second-order valence-corrected chi connectivity index (χ2v) is 32.8. The predicted octanol–water partition coefficient (Wildman–Crippen LogP) is -4.18. The Morgan fingerprint density at radius 1 is 0.204 bits per heavy atom. The van der Waals surface area contributed by atoms with E-state index in [-0.39, 0.29) is 101 Å². The summed E-state index contributed by atoms with van der Waals surface area (Å²) in [5, 5.41) is 85.3. The maximum atomic E-state index is 14.8. The van der Waals surface area contributed by atoms with Crippen molar-refractivity contribution in [2.45, 2.75) is 187 Å². The number of carbonyl (C=O) groups is 14. The lowest BCUT2D eigenvalue weighted by Crippen LogP contribution is -2.55. The Kier molecular flexibility index (Phi) is 49.7. The quantitative estimate of drug-likeness (QED) is 0.0276. The van der Waals surface area contributed by atoms with Crippen molar-refractivity contribution < 1.29 is 108 Å². The molecular weight excluding hydrogens is 1470 g/mol. The molecule has 0 aliphatic rings. The normalized spacial score (nSPS) is 13.6. The molecule has 37 nitrogen and oxygen atoms in total. The topological polar surface area (TPSA) is 481 Å². The molecule has 0 aromatic rings. The first kappa shape index (κ1) is 105. The minimum atomic E-state index is -1.25. The highest BCUT2D eigenvalue weighted by Crippen LogP contribution is 2.15. The van der Waals surface area contributed by atoms with Crippen LogP contribution in [-0.2, 0) is 67.1 Å². The summed E-state index contributed by atoms with van der Waals surface area (Å²) in [6.07, 6.45) is -9.03. The van der Waals surface area contributed by atoms with Crippen LogP contribution >= 0.6 is 0 Å². The Bertz CT molecular complexity index is 3000. The first-order valence-electron chi connectivity index (χ1n) is 39.3. The van der Waals surface area contributed by atoms with E-state index < -0.39 is 249 Å². The van der Waals surface area contributed by atoms with E-state index in [0.717, 1.165) is 34.3 Å². The predicted molar refractivity (Wildman–Crippen MR) is 420 cm³/mol. The molecule has 0 heterocycles. The second-order valence-electron chi connectivity index (χ2n) is 32.8. The number of aliphatic hydroxyl groups excluding tert-OH is 8. The van der Waals surface area contributed by atoms with Gasteiger partial charge in [0.2, 0.25) is 82.7 Å². The Morgan fingerprint density at radius 3 is 0.442 bits per heavy atom. The molecule has 0 rings (SSSR count). The van der Waals surface area contributed by atoms with Crippen LogP contribution in [0.4, 0.5) is 0 Å². The van der Waals surface area contributed by atoms with Gasteiger partial charge in [-0.05, 0) is 90.9 Å². The van der Waals surface area contributed by atoms with Crippen LogP contribution in [0.25, 0.3) is 0 Å². The fourth-order valence-corrected chi connectivity index (χ4v) is 12.0. The standard InChI is InChI=1S/C76H141N15O22/c1-49(2)23-79(66(103)39-81(25-51(5)6)68(105)41-83(27-53(9)10)70(107)44-87(31-58(16)95)74(111)47-90(34-61(19)98)73(110)43-86(30-57(15)94)64(101)22-78-21-55(13)92)37-65(102)80(24-50(3)4)38-67(104)82(26-52(7)8)40-69(106)84(28-54(11)12)42-72(109)89(33-60(18)97)46-76(113)91(35-62(20)99)48-75(112)88(32-59(17)96)45-71(108)85(29-56(14)93)36-63(77)100/h49-62,78,92-99H,21-48H2,1-20H3,(H2,77,100). The molecule has 0 saturated carbocycles. The molecule has 652 valence electrons. The molecule has 0 saturated heterocycles. The summed E-state index contributed by atoms with van der Waals surface area (Å²) < 4.78 is 0. The first-order chi connectivity index (χ1) is 52.2. The monoisotopic (exact) mass is 1620 g/mol. The van der Waals surface area contributed by atoms with E-state index in [0.29, 0.717) is 0 Å². The van der Waals surface area contributed by atoms with E-state index in [1.54, 1.807) is 41.5 Å². The van der Waals surface area contributed by atoms with Gasteiger partial charge < -0.3 is 116 Å². The second kappa shape index (κ2) is 53.4. The lowest BCUT2D eigenvalue weighted by molar-refractivity contribution is -0.150. The zero-order chi connectivity index (χ0) is 87.2. The van der Waals surface area contributed by atoms with Crippen molar-refractivity contribution in [3.8, 4) is 0 Å². The minimum Gasteiger partial charge on any atom is -0.392 e. The molecule has 0 radical (unpaired) electrons.